The molecule has 0 aliphatic carbocycles. The zero-order valence-corrected chi connectivity index (χ0v) is 7.25. The van der Waals surface area contributed by atoms with Crippen LogP contribution >= 0.6 is 0 Å². The first kappa shape index (κ1) is 9.03. The van der Waals surface area contributed by atoms with E-state index in [9.17, 15) is 4.79 Å². The summed E-state index contributed by atoms with van der Waals surface area (Å²) in [7, 11) is 0. The highest BCUT2D eigenvalue weighted by molar-refractivity contribution is 6.29. The van der Waals surface area contributed by atoms with Gasteiger partial charge < -0.3 is 9.84 Å². The Morgan fingerprint density at radius 2 is 2.50 bits per heavy atom. The molecule has 68 valence electrons. The smallest absolute Gasteiger partial charge is 0.450 e. The summed E-state index contributed by atoms with van der Waals surface area (Å²) >= 11 is 0. The van der Waals surface area contributed by atoms with Crippen LogP contribution < -0.4 is 0 Å². The van der Waals surface area contributed by atoms with Crippen molar-refractivity contribution in [1.82, 2.24) is 0 Å². The van der Waals surface area contributed by atoms with Crippen LogP contribution in [0.25, 0.3) is 0 Å². The van der Waals surface area contributed by atoms with Crippen LogP contribution in [0.4, 0.5) is 0 Å². The quantitative estimate of drug-likeness (QED) is 0.621. The highest BCUT2D eigenvalue weighted by Crippen LogP contribution is 1.98. The van der Waals surface area contributed by atoms with Gasteiger partial charge in [0.25, 0.3) is 0 Å². The number of hydrogen-bond acceptors (Lipinski definition) is 2. The van der Waals surface area contributed by atoms with E-state index in [4.69, 9.17) is 9.84 Å². The van der Waals surface area contributed by atoms with Crippen LogP contribution in [0.3, 0.4) is 0 Å². The molecule has 0 radical (unpaired) electrons. The lowest BCUT2D eigenvalue weighted by atomic mass is 10.3. The molecule has 0 fully saturated rings. The summed E-state index contributed by atoms with van der Waals surface area (Å²) in [5.41, 5.74) is 0. The molecule has 0 aromatic carbocycles. The van der Waals surface area contributed by atoms with Crippen LogP contribution in [0.1, 0.15) is 19.8 Å². The Morgan fingerprint density at radius 1 is 1.75 bits per heavy atom. The molecule has 0 atom stereocenters. The van der Waals surface area contributed by atoms with E-state index in [0.29, 0.717) is 13.2 Å². The Labute approximate surface area is 71.5 Å². The molecule has 4 heteroatoms. The van der Waals surface area contributed by atoms with Crippen molar-refractivity contribution in [3.63, 3.8) is 0 Å². The lowest BCUT2D eigenvalue weighted by Crippen LogP contribution is -2.24. The van der Waals surface area contributed by atoms with E-state index in [2.05, 4.69) is 6.92 Å². The summed E-state index contributed by atoms with van der Waals surface area (Å²) in [6, 6.07) is 0. The van der Waals surface area contributed by atoms with Crippen molar-refractivity contribution in [1.29, 1.82) is 0 Å². The van der Waals surface area contributed by atoms with Gasteiger partial charge in [-0.15, -0.1) is 0 Å². The number of carboxylic acids is 1. The second-order valence-electron chi connectivity index (χ2n) is 2.80. The van der Waals surface area contributed by atoms with E-state index in [-0.39, 0.29) is 5.90 Å². The minimum Gasteiger partial charge on any atom is -0.471 e. The molecule has 0 saturated carbocycles. The summed E-state index contributed by atoms with van der Waals surface area (Å²) < 4.78 is 6.75. The third-order valence-electron chi connectivity index (χ3n) is 1.85. The van der Waals surface area contributed by atoms with Crippen molar-refractivity contribution in [2.45, 2.75) is 19.8 Å². The topological polar surface area (TPSA) is 49.5 Å². The molecule has 0 spiro atoms. The highest BCUT2D eigenvalue weighted by atomic mass is 16.5. The second-order valence-corrected chi connectivity index (χ2v) is 2.80. The minimum absolute atomic E-state index is 0.114. The van der Waals surface area contributed by atoms with Crippen molar-refractivity contribution in [3.8, 4) is 0 Å². The SMILES string of the molecule is CCCC[N+]1=C(C(=O)O)OCC1. The molecule has 0 bridgehead atoms. The van der Waals surface area contributed by atoms with Crippen molar-refractivity contribution in [2.75, 3.05) is 19.7 Å². The largest absolute Gasteiger partial charge is 0.471 e. The zero-order chi connectivity index (χ0) is 8.97. The Kier molecular flexibility index (Phi) is 3.08. The van der Waals surface area contributed by atoms with Gasteiger partial charge in [-0.25, -0.2) is 4.79 Å². The molecule has 1 aliphatic rings. The van der Waals surface area contributed by atoms with E-state index >= 15 is 0 Å². The van der Waals surface area contributed by atoms with Crippen molar-refractivity contribution < 1.29 is 19.2 Å². The Balaban J connectivity index is 2.57. The van der Waals surface area contributed by atoms with E-state index in [1.54, 1.807) is 4.58 Å². The normalized spacial score (nSPS) is 16.4. The van der Waals surface area contributed by atoms with Crippen molar-refractivity contribution in [3.05, 3.63) is 0 Å². The lowest BCUT2D eigenvalue weighted by molar-refractivity contribution is -0.518. The molecule has 1 N–H and O–H groups in total. The average molecular weight is 172 g/mol. The molecule has 0 aromatic rings. The van der Waals surface area contributed by atoms with E-state index < -0.39 is 5.97 Å². The number of carboxylic acid groups (broad SMARTS) is 1. The number of rotatable bonds is 4. The Hall–Kier alpha value is -1.06. The predicted molar refractivity (Wildman–Crippen MR) is 43.5 cm³/mol. The molecule has 0 amide bonds. The molecule has 0 aromatic heterocycles. The molecule has 1 rings (SSSR count). The molecule has 1 aliphatic heterocycles. The second kappa shape index (κ2) is 4.09. The maximum absolute atomic E-state index is 10.6. The van der Waals surface area contributed by atoms with Gasteiger partial charge in [-0.2, -0.15) is 4.58 Å². The van der Waals surface area contributed by atoms with Gasteiger partial charge in [0.2, 0.25) is 0 Å². The van der Waals surface area contributed by atoms with Crippen LogP contribution in [-0.2, 0) is 9.53 Å². The van der Waals surface area contributed by atoms with Crippen molar-refractivity contribution in [2.24, 2.45) is 0 Å². The van der Waals surface area contributed by atoms with Gasteiger partial charge in [-0.1, -0.05) is 13.3 Å². The summed E-state index contributed by atoms with van der Waals surface area (Å²) in [6.07, 6.45) is 2.09. The Morgan fingerprint density at radius 3 is 3.08 bits per heavy atom. The minimum atomic E-state index is -0.955. The summed E-state index contributed by atoms with van der Waals surface area (Å²) in [4.78, 5) is 10.6. The highest BCUT2D eigenvalue weighted by Gasteiger charge is 2.30. The van der Waals surface area contributed by atoms with E-state index in [0.717, 1.165) is 19.4 Å². The first-order valence-electron chi connectivity index (χ1n) is 4.23. The molecular weight excluding hydrogens is 158 g/mol. The Bertz CT molecular complexity index is 210. The molecule has 0 unspecified atom stereocenters. The maximum atomic E-state index is 10.6. The van der Waals surface area contributed by atoms with E-state index in [1.165, 1.54) is 0 Å². The predicted octanol–water partition coefficient (Wildman–Crippen LogP) is 0.312. The van der Waals surface area contributed by atoms with Crippen LogP contribution in [0.15, 0.2) is 0 Å². The lowest BCUT2D eigenvalue weighted by Gasteiger charge is -1.94. The number of carbonyl (C=O) groups is 1. The van der Waals surface area contributed by atoms with Gasteiger partial charge in [-0.05, 0) is 0 Å². The van der Waals surface area contributed by atoms with Crippen LogP contribution in [-0.4, -0.2) is 41.2 Å². The van der Waals surface area contributed by atoms with Gasteiger partial charge >= 0.3 is 11.9 Å². The van der Waals surface area contributed by atoms with Crippen LogP contribution in [0.5, 0.6) is 0 Å². The van der Waals surface area contributed by atoms with Crippen LogP contribution in [0, 0.1) is 0 Å². The third kappa shape index (κ3) is 1.96. The van der Waals surface area contributed by atoms with Gasteiger partial charge in [-0.3, -0.25) is 0 Å². The first-order valence-corrected chi connectivity index (χ1v) is 4.23. The number of hydrogen-bond donors (Lipinski definition) is 1. The molecule has 1 heterocycles. The average Bonchev–Trinajstić information content (AvgIpc) is 2.48. The van der Waals surface area contributed by atoms with E-state index in [1.807, 2.05) is 0 Å². The third-order valence-corrected chi connectivity index (χ3v) is 1.85. The summed E-state index contributed by atoms with van der Waals surface area (Å²) in [5.74, 6) is -0.841. The summed E-state index contributed by atoms with van der Waals surface area (Å²) in [6.45, 7) is 4.09. The number of aliphatic carboxylic acids is 1. The van der Waals surface area contributed by atoms with Crippen molar-refractivity contribution >= 4 is 11.9 Å². The van der Waals surface area contributed by atoms with Gasteiger partial charge in [0.1, 0.15) is 6.54 Å². The molecule has 0 saturated heterocycles. The fraction of sp³-hybridized carbons (Fsp3) is 0.750. The monoisotopic (exact) mass is 172 g/mol. The summed E-state index contributed by atoms with van der Waals surface area (Å²) in [5, 5.41) is 8.68. The zero-order valence-electron chi connectivity index (χ0n) is 7.25. The maximum Gasteiger partial charge on any atom is 0.450 e. The number of nitrogens with zero attached hydrogens (tertiary/aromatic N) is 1. The first-order chi connectivity index (χ1) is 5.75. The van der Waals surface area contributed by atoms with Gasteiger partial charge in [0.05, 0.1) is 0 Å². The molecule has 12 heavy (non-hydrogen) atoms. The fourth-order valence-corrected chi connectivity index (χ4v) is 1.20. The number of ether oxygens (including phenoxy) is 1. The fourth-order valence-electron chi connectivity index (χ4n) is 1.20. The standard InChI is InChI=1S/C8H13NO3/c1-2-3-4-9-5-6-12-7(9)8(10)11/h2-6H2,1H3/p+1. The molecule has 4 nitrogen and oxygen atoms in total. The van der Waals surface area contributed by atoms with Gasteiger partial charge in [0, 0.05) is 6.42 Å². The number of unbranched alkanes of at least 4 members (excludes halogenated alkanes) is 1. The molecular formula is C8H14NO3+. The van der Waals surface area contributed by atoms with Crippen LogP contribution in [0.2, 0.25) is 0 Å². The van der Waals surface area contributed by atoms with Gasteiger partial charge in [0.15, 0.2) is 13.2 Å².